The molecule has 5 rings (SSSR count). The van der Waals surface area contributed by atoms with Crippen LogP contribution in [0.2, 0.25) is 5.02 Å². The number of amides is 1. The predicted molar refractivity (Wildman–Crippen MR) is 132 cm³/mol. The average Bonchev–Trinajstić information content (AvgIpc) is 3.41. The standard InChI is InChI=1S/C23H16ClN5OS2/c24-16-10-8-15(9-11-16)21-27-28-23(31)29(21)12-20(30)26-22-25-19(13-32-22)18-7-3-5-14-4-1-2-6-17(14)18/h1-11,13H,12H2,(H,28,31)(H,25,26,30). The summed E-state index contributed by atoms with van der Waals surface area (Å²) in [5.74, 6) is 0.328. The maximum absolute atomic E-state index is 12.8. The quantitative estimate of drug-likeness (QED) is 0.296. The smallest absolute Gasteiger partial charge is 0.246 e. The number of carbonyl (C=O) groups is 1. The first-order valence-corrected chi connectivity index (χ1v) is 11.4. The van der Waals surface area contributed by atoms with Crippen molar-refractivity contribution in [2.75, 3.05) is 5.32 Å². The van der Waals surface area contributed by atoms with Gasteiger partial charge in [0.25, 0.3) is 0 Å². The summed E-state index contributed by atoms with van der Waals surface area (Å²) in [5.41, 5.74) is 2.66. The van der Waals surface area contributed by atoms with E-state index in [4.69, 9.17) is 23.8 Å². The zero-order valence-corrected chi connectivity index (χ0v) is 19.0. The van der Waals surface area contributed by atoms with Gasteiger partial charge in [-0.1, -0.05) is 54.1 Å². The number of thiazole rings is 1. The molecule has 2 N–H and O–H groups in total. The highest BCUT2D eigenvalue weighted by atomic mass is 35.5. The predicted octanol–water partition coefficient (Wildman–Crippen LogP) is 6.18. The monoisotopic (exact) mass is 477 g/mol. The molecule has 0 aliphatic carbocycles. The first-order valence-electron chi connectivity index (χ1n) is 9.73. The van der Waals surface area contributed by atoms with E-state index in [9.17, 15) is 4.79 Å². The fourth-order valence-electron chi connectivity index (χ4n) is 3.49. The Kier molecular flexibility index (Phi) is 5.57. The van der Waals surface area contributed by atoms with Crippen molar-refractivity contribution in [2.24, 2.45) is 0 Å². The molecular formula is C23H16ClN5OS2. The lowest BCUT2D eigenvalue weighted by atomic mass is 10.0. The second-order valence-corrected chi connectivity index (χ2v) is 8.74. The summed E-state index contributed by atoms with van der Waals surface area (Å²) in [6.07, 6.45) is 0. The van der Waals surface area contributed by atoms with Gasteiger partial charge in [0.2, 0.25) is 5.91 Å². The number of halogens is 1. The maximum Gasteiger partial charge on any atom is 0.246 e. The Bertz CT molecular complexity index is 1480. The van der Waals surface area contributed by atoms with Crippen LogP contribution in [-0.4, -0.2) is 25.7 Å². The van der Waals surface area contributed by atoms with E-state index in [1.807, 2.05) is 41.8 Å². The number of aromatic nitrogens is 4. The van der Waals surface area contributed by atoms with Crippen molar-refractivity contribution in [1.82, 2.24) is 19.7 Å². The molecule has 0 spiro atoms. The molecule has 0 fully saturated rings. The summed E-state index contributed by atoms with van der Waals surface area (Å²) in [4.78, 5) is 17.4. The molecule has 0 radical (unpaired) electrons. The van der Waals surface area contributed by atoms with Crippen LogP contribution in [0.15, 0.2) is 72.1 Å². The van der Waals surface area contributed by atoms with Crippen molar-refractivity contribution in [2.45, 2.75) is 6.54 Å². The van der Waals surface area contributed by atoms with Crippen LogP contribution in [0.4, 0.5) is 5.13 Å². The van der Waals surface area contributed by atoms with E-state index in [1.165, 1.54) is 11.3 Å². The number of benzene rings is 3. The average molecular weight is 478 g/mol. The molecule has 0 saturated heterocycles. The van der Waals surface area contributed by atoms with Gasteiger partial charge in [-0.3, -0.25) is 14.5 Å². The zero-order chi connectivity index (χ0) is 22.1. The molecule has 0 bridgehead atoms. The summed E-state index contributed by atoms with van der Waals surface area (Å²) in [6, 6.07) is 21.5. The molecular weight excluding hydrogens is 462 g/mol. The maximum atomic E-state index is 12.8. The van der Waals surface area contributed by atoms with E-state index >= 15 is 0 Å². The molecule has 5 aromatic rings. The van der Waals surface area contributed by atoms with Crippen molar-refractivity contribution >= 4 is 57.0 Å². The molecule has 32 heavy (non-hydrogen) atoms. The van der Waals surface area contributed by atoms with Gasteiger partial charge in [0.05, 0.1) is 5.69 Å². The van der Waals surface area contributed by atoms with E-state index in [-0.39, 0.29) is 12.5 Å². The normalized spacial score (nSPS) is 11.0. The fourth-order valence-corrected chi connectivity index (χ4v) is 4.54. The highest BCUT2D eigenvalue weighted by Gasteiger charge is 2.15. The number of anilines is 1. The Morgan fingerprint density at radius 2 is 1.88 bits per heavy atom. The second kappa shape index (κ2) is 8.66. The van der Waals surface area contributed by atoms with Crippen molar-refractivity contribution in [1.29, 1.82) is 0 Å². The van der Waals surface area contributed by atoms with E-state index in [0.29, 0.717) is 20.7 Å². The first-order chi connectivity index (χ1) is 15.6. The van der Waals surface area contributed by atoms with Crippen LogP contribution in [0.5, 0.6) is 0 Å². The van der Waals surface area contributed by atoms with Crippen molar-refractivity contribution < 1.29 is 4.79 Å². The van der Waals surface area contributed by atoms with Crippen LogP contribution in [0.25, 0.3) is 33.4 Å². The van der Waals surface area contributed by atoms with Crippen LogP contribution < -0.4 is 5.32 Å². The Morgan fingerprint density at radius 3 is 2.72 bits per heavy atom. The van der Waals surface area contributed by atoms with Gasteiger partial charge < -0.3 is 5.32 Å². The van der Waals surface area contributed by atoms with Crippen LogP contribution in [0, 0.1) is 4.77 Å². The molecule has 0 unspecified atom stereocenters. The molecule has 0 atom stereocenters. The molecule has 2 heterocycles. The van der Waals surface area contributed by atoms with E-state index < -0.39 is 0 Å². The van der Waals surface area contributed by atoms with E-state index in [0.717, 1.165) is 27.6 Å². The van der Waals surface area contributed by atoms with Gasteiger partial charge in [-0.25, -0.2) is 4.98 Å². The largest absolute Gasteiger partial charge is 0.300 e. The number of H-pyrrole nitrogens is 1. The van der Waals surface area contributed by atoms with Crippen molar-refractivity contribution in [3.8, 4) is 22.6 Å². The summed E-state index contributed by atoms with van der Waals surface area (Å²) in [7, 11) is 0. The number of aromatic amines is 1. The van der Waals surface area contributed by atoms with Crippen molar-refractivity contribution in [3.05, 3.63) is 81.9 Å². The van der Waals surface area contributed by atoms with Crippen LogP contribution in [-0.2, 0) is 11.3 Å². The van der Waals surface area contributed by atoms with Crippen LogP contribution in [0.1, 0.15) is 0 Å². The Labute approximate surface area is 197 Å². The third-order valence-corrected chi connectivity index (χ3v) is 6.30. The number of rotatable bonds is 5. The Morgan fingerprint density at radius 1 is 1.09 bits per heavy atom. The number of hydrogen-bond acceptors (Lipinski definition) is 5. The minimum Gasteiger partial charge on any atom is -0.300 e. The molecule has 2 aromatic heterocycles. The van der Waals surface area contributed by atoms with Crippen LogP contribution >= 0.6 is 35.2 Å². The minimum absolute atomic E-state index is 0.0104. The van der Waals surface area contributed by atoms with Gasteiger partial charge in [0.1, 0.15) is 6.54 Å². The lowest BCUT2D eigenvalue weighted by Crippen LogP contribution is -2.19. The molecule has 1 amide bonds. The van der Waals surface area contributed by atoms with Crippen molar-refractivity contribution in [3.63, 3.8) is 0 Å². The number of carbonyl (C=O) groups excluding carboxylic acids is 1. The number of nitrogens with one attached hydrogen (secondary N) is 2. The number of nitrogens with zero attached hydrogens (tertiary/aromatic N) is 3. The van der Waals surface area contributed by atoms with Gasteiger partial charge >= 0.3 is 0 Å². The molecule has 0 saturated carbocycles. The third-order valence-electron chi connectivity index (χ3n) is 4.98. The summed E-state index contributed by atoms with van der Waals surface area (Å²) in [6.45, 7) is 0.0104. The SMILES string of the molecule is O=C(Cn1c(-c2ccc(Cl)cc2)n[nH]c1=S)Nc1nc(-c2cccc3ccccc23)cs1. The minimum atomic E-state index is -0.239. The molecule has 158 valence electrons. The first kappa shape index (κ1) is 20.6. The van der Waals surface area contributed by atoms with Gasteiger partial charge in [0.15, 0.2) is 15.7 Å². The molecule has 0 aliphatic rings. The summed E-state index contributed by atoms with van der Waals surface area (Å²) < 4.78 is 2.01. The molecule has 9 heteroatoms. The van der Waals surface area contributed by atoms with Crippen LogP contribution in [0.3, 0.4) is 0 Å². The lowest BCUT2D eigenvalue weighted by Gasteiger charge is -2.07. The molecule has 0 aliphatic heterocycles. The second-order valence-electron chi connectivity index (χ2n) is 7.06. The van der Waals surface area contributed by atoms with E-state index in [2.05, 4.69) is 38.7 Å². The van der Waals surface area contributed by atoms with E-state index in [1.54, 1.807) is 16.7 Å². The number of fused-ring (bicyclic) bond motifs is 1. The molecule has 3 aromatic carbocycles. The summed E-state index contributed by atoms with van der Waals surface area (Å²) in [5, 5.41) is 15.2. The van der Waals surface area contributed by atoms with Gasteiger partial charge in [-0.2, -0.15) is 5.10 Å². The fraction of sp³-hybridized carbons (Fsp3) is 0.0435. The highest BCUT2D eigenvalue weighted by molar-refractivity contribution is 7.71. The number of hydrogen-bond donors (Lipinski definition) is 2. The topological polar surface area (TPSA) is 75.6 Å². The van der Waals surface area contributed by atoms with Gasteiger partial charge in [-0.15, -0.1) is 11.3 Å². The summed E-state index contributed by atoms with van der Waals surface area (Å²) >= 11 is 12.7. The third kappa shape index (κ3) is 4.08. The molecule has 6 nitrogen and oxygen atoms in total. The highest BCUT2D eigenvalue weighted by Crippen LogP contribution is 2.31. The Balaban J connectivity index is 1.36. The van der Waals surface area contributed by atoms with Gasteiger partial charge in [-0.05, 0) is 47.3 Å². The Hall–Kier alpha value is -3.33. The lowest BCUT2D eigenvalue weighted by molar-refractivity contribution is -0.116. The van der Waals surface area contributed by atoms with Gasteiger partial charge in [0, 0.05) is 21.5 Å². The zero-order valence-electron chi connectivity index (χ0n) is 16.6.